The molecule has 0 saturated carbocycles. The van der Waals surface area contributed by atoms with Gasteiger partial charge in [0.1, 0.15) is 0 Å². The molecule has 0 aliphatic carbocycles. The SMILES string of the molecule is COC(=O)CC(CC(=O)OC)n1cc(NC(=O)CCS(=O)(=O)C=Cc2ccccc2)cn1. The molecular weight excluding hydrogens is 438 g/mol. The molecule has 10 nitrogen and oxygen atoms in total. The van der Waals surface area contributed by atoms with Crippen LogP contribution in [-0.2, 0) is 33.7 Å². The molecule has 1 aromatic carbocycles. The summed E-state index contributed by atoms with van der Waals surface area (Å²) in [4.78, 5) is 35.4. The predicted octanol–water partition coefficient (Wildman–Crippen LogP) is 1.96. The van der Waals surface area contributed by atoms with Crippen molar-refractivity contribution in [1.82, 2.24) is 9.78 Å². The Morgan fingerprint density at radius 2 is 1.72 bits per heavy atom. The van der Waals surface area contributed by atoms with E-state index >= 15 is 0 Å². The fourth-order valence-corrected chi connectivity index (χ4v) is 3.66. The maximum atomic E-state index is 12.2. The summed E-state index contributed by atoms with van der Waals surface area (Å²) < 4.78 is 34.9. The molecular formula is C21H25N3O7S. The van der Waals surface area contributed by atoms with E-state index in [-0.39, 0.29) is 25.0 Å². The van der Waals surface area contributed by atoms with Crippen LogP contribution in [0.15, 0.2) is 48.1 Å². The number of benzene rings is 1. The number of nitrogens with zero attached hydrogens (tertiary/aromatic N) is 2. The van der Waals surface area contributed by atoms with Crippen LogP contribution in [0.25, 0.3) is 6.08 Å². The summed E-state index contributed by atoms with van der Waals surface area (Å²) in [6.45, 7) is 0. The van der Waals surface area contributed by atoms with Crippen LogP contribution in [0.1, 0.15) is 30.9 Å². The van der Waals surface area contributed by atoms with Gasteiger partial charge in [0.2, 0.25) is 5.91 Å². The van der Waals surface area contributed by atoms with E-state index in [0.29, 0.717) is 5.69 Å². The molecule has 1 amide bonds. The lowest BCUT2D eigenvalue weighted by Crippen LogP contribution is -2.19. The van der Waals surface area contributed by atoms with Crippen LogP contribution in [0.2, 0.25) is 0 Å². The Bertz CT molecular complexity index is 1040. The number of amides is 1. The number of carbonyl (C=O) groups excluding carboxylic acids is 3. The van der Waals surface area contributed by atoms with Gasteiger partial charge < -0.3 is 14.8 Å². The van der Waals surface area contributed by atoms with Gasteiger partial charge in [0.25, 0.3) is 0 Å². The summed E-state index contributed by atoms with van der Waals surface area (Å²) in [6, 6.07) is 8.28. The van der Waals surface area contributed by atoms with Crippen LogP contribution in [-0.4, -0.2) is 56.0 Å². The minimum atomic E-state index is -3.57. The van der Waals surface area contributed by atoms with Gasteiger partial charge in [0.05, 0.1) is 50.7 Å². The molecule has 172 valence electrons. The molecule has 0 bridgehead atoms. The smallest absolute Gasteiger partial charge is 0.307 e. The predicted molar refractivity (Wildman–Crippen MR) is 117 cm³/mol. The maximum absolute atomic E-state index is 12.2. The molecule has 0 fully saturated rings. The number of anilines is 1. The first-order valence-electron chi connectivity index (χ1n) is 9.66. The second-order valence-electron chi connectivity index (χ2n) is 6.80. The Balaban J connectivity index is 1.95. The number of sulfone groups is 1. The van der Waals surface area contributed by atoms with Gasteiger partial charge in [0, 0.05) is 18.0 Å². The van der Waals surface area contributed by atoms with Gasteiger partial charge in [-0.05, 0) is 11.6 Å². The van der Waals surface area contributed by atoms with Crippen molar-refractivity contribution in [3.05, 3.63) is 53.7 Å². The highest BCUT2D eigenvalue weighted by Gasteiger charge is 2.22. The summed E-state index contributed by atoms with van der Waals surface area (Å²) in [5.74, 6) is -1.94. The van der Waals surface area contributed by atoms with Crippen molar-refractivity contribution in [2.75, 3.05) is 25.3 Å². The van der Waals surface area contributed by atoms with Crippen molar-refractivity contribution in [2.45, 2.75) is 25.3 Å². The molecule has 0 atom stereocenters. The Morgan fingerprint density at radius 1 is 1.09 bits per heavy atom. The number of nitrogens with one attached hydrogen (secondary N) is 1. The van der Waals surface area contributed by atoms with Gasteiger partial charge in [-0.25, -0.2) is 8.42 Å². The fourth-order valence-electron chi connectivity index (χ4n) is 2.69. The van der Waals surface area contributed by atoms with Gasteiger partial charge in [0.15, 0.2) is 9.84 Å². The monoisotopic (exact) mass is 463 g/mol. The first-order chi connectivity index (χ1) is 15.2. The topological polar surface area (TPSA) is 134 Å². The highest BCUT2D eigenvalue weighted by molar-refractivity contribution is 7.94. The third-order valence-corrected chi connectivity index (χ3v) is 5.72. The summed E-state index contributed by atoms with van der Waals surface area (Å²) >= 11 is 0. The number of hydrogen-bond acceptors (Lipinski definition) is 8. The van der Waals surface area contributed by atoms with E-state index < -0.39 is 33.7 Å². The molecule has 11 heteroatoms. The fraction of sp³-hybridized carbons (Fsp3) is 0.333. The van der Waals surface area contributed by atoms with Gasteiger partial charge in [-0.2, -0.15) is 5.10 Å². The van der Waals surface area contributed by atoms with Gasteiger partial charge in [-0.15, -0.1) is 0 Å². The minimum Gasteiger partial charge on any atom is -0.469 e. The Hall–Kier alpha value is -3.47. The first-order valence-corrected chi connectivity index (χ1v) is 11.4. The van der Waals surface area contributed by atoms with Crippen molar-refractivity contribution >= 4 is 39.4 Å². The largest absolute Gasteiger partial charge is 0.469 e. The van der Waals surface area contributed by atoms with E-state index in [1.165, 1.54) is 37.4 Å². The molecule has 1 N–H and O–H groups in total. The maximum Gasteiger partial charge on any atom is 0.307 e. The number of carbonyl (C=O) groups is 3. The second kappa shape index (κ2) is 11.8. The summed E-state index contributed by atoms with van der Waals surface area (Å²) in [5.41, 5.74) is 1.04. The van der Waals surface area contributed by atoms with Crippen LogP contribution in [0.5, 0.6) is 0 Å². The number of methoxy groups -OCH3 is 2. The lowest BCUT2D eigenvalue weighted by Gasteiger charge is -2.15. The third kappa shape index (κ3) is 8.34. The van der Waals surface area contributed by atoms with Crippen LogP contribution in [0.3, 0.4) is 0 Å². The van der Waals surface area contributed by atoms with Crippen molar-refractivity contribution in [3.8, 4) is 0 Å². The molecule has 0 spiro atoms. The molecule has 1 aromatic heterocycles. The number of rotatable bonds is 11. The lowest BCUT2D eigenvalue weighted by molar-refractivity contribution is -0.144. The normalized spacial score (nSPS) is 11.5. The van der Waals surface area contributed by atoms with E-state index in [1.54, 1.807) is 24.3 Å². The molecule has 2 rings (SSSR count). The van der Waals surface area contributed by atoms with E-state index in [4.69, 9.17) is 0 Å². The highest BCUT2D eigenvalue weighted by Crippen LogP contribution is 2.19. The number of esters is 2. The average Bonchev–Trinajstić information content (AvgIpc) is 3.25. The Kier molecular flexibility index (Phi) is 9.14. The quantitative estimate of drug-likeness (QED) is 0.500. The van der Waals surface area contributed by atoms with Crippen LogP contribution in [0.4, 0.5) is 5.69 Å². The molecule has 2 aromatic rings. The van der Waals surface area contributed by atoms with Crippen molar-refractivity contribution in [3.63, 3.8) is 0 Å². The third-order valence-electron chi connectivity index (χ3n) is 4.40. The van der Waals surface area contributed by atoms with E-state index in [0.717, 1.165) is 11.0 Å². The number of hydrogen-bond donors (Lipinski definition) is 1. The van der Waals surface area contributed by atoms with Crippen LogP contribution < -0.4 is 5.32 Å². The zero-order valence-corrected chi connectivity index (χ0v) is 18.6. The minimum absolute atomic E-state index is 0.118. The zero-order valence-electron chi connectivity index (χ0n) is 17.8. The molecule has 0 aliphatic rings. The molecule has 32 heavy (non-hydrogen) atoms. The Morgan fingerprint density at radius 3 is 2.31 bits per heavy atom. The van der Waals surface area contributed by atoms with Crippen molar-refractivity contribution in [2.24, 2.45) is 0 Å². The van der Waals surface area contributed by atoms with E-state index in [1.807, 2.05) is 6.07 Å². The van der Waals surface area contributed by atoms with Gasteiger partial charge in [-0.3, -0.25) is 19.1 Å². The summed E-state index contributed by atoms with van der Waals surface area (Å²) in [6.07, 6.45) is 3.77. The van der Waals surface area contributed by atoms with Crippen molar-refractivity contribution < 1.29 is 32.3 Å². The second-order valence-corrected chi connectivity index (χ2v) is 8.81. The van der Waals surface area contributed by atoms with E-state index in [2.05, 4.69) is 19.9 Å². The molecule has 0 unspecified atom stereocenters. The molecule has 0 radical (unpaired) electrons. The standard InChI is InChI=1S/C21H25N3O7S/c1-30-20(26)12-18(13-21(27)31-2)24-15-17(14-22-24)23-19(25)9-11-32(28,29)10-8-16-6-4-3-5-7-16/h3-8,10,14-15,18H,9,11-13H2,1-2H3,(H,23,25). The molecule has 0 saturated heterocycles. The number of aromatic nitrogens is 2. The van der Waals surface area contributed by atoms with Crippen molar-refractivity contribution in [1.29, 1.82) is 0 Å². The number of ether oxygens (including phenoxy) is 2. The summed E-state index contributed by atoms with van der Waals surface area (Å²) in [7, 11) is -1.11. The van der Waals surface area contributed by atoms with Crippen LogP contribution >= 0.6 is 0 Å². The first kappa shape index (κ1) is 24.8. The van der Waals surface area contributed by atoms with Crippen LogP contribution in [0, 0.1) is 0 Å². The highest BCUT2D eigenvalue weighted by atomic mass is 32.2. The van der Waals surface area contributed by atoms with E-state index in [9.17, 15) is 22.8 Å². The molecule has 1 heterocycles. The Labute approximate surface area is 186 Å². The molecule has 0 aliphatic heterocycles. The van der Waals surface area contributed by atoms with Gasteiger partial charge in [-0.1, -0.05) is 30.3 Å². The lowest BCUT2D eigenvalue weighted by atomic mass is 10.1. The average molecular weight is 464 g/mol. The van der Waals surface area contributed by atoms with Gasteiger partial charge >= 0.3 is 11.9 Å². The zero-order chi connectivity index (χ0) is 23.6. The summed E-state index contributed by atoms with van der Waals surface area (Å²) in [5, 5.41) is 7.71.